The molecule has 1 N–H and O–H groups in total. The minimum absolute atomic E-state index is 0.118. The summed E-state index contributed by atoms with van der Waals surface area (Å²) in [4.78, 5) is 27.2. The van der Waals surface area contributed by atoms with Crippen molar-refractivity contribution in [3.05, 3.63) is 70.5 Å². The number of amides is 2. The Morgan fingerprint density at radius 2 is 1.82 bits per heavy atom. The van der Waals surface area contributed by atoms with Crippen LogP contribution in [0, 0.1) is 23.6 Å². The third-order valence-electron chi connectivity index (χ3n) is 7.90. The van der Waals surface area contributed by atoms with Crippen LogP contribution >= 0.6 is 0 Å². The van der Waals surface area contributed by atoms with Crippen LogP contribution in [0.25, 0.3) is 0 Å². The maximum atomic E-state index is 14.7. The van der Waals surface area contributed by atoms with E-state index in [4.69, 9.17) is 0 Å². The Balaban J connectivity index is 1.12. The average Bonchev–Trinajstić information content (AvgIpc) is 3.53. The van der Waals surface area contributed by atoms with E-state index in [0.29, 0.717) is 37.9 Å². The molecule has 2 amide bonds. The molecule has 3 atom stereocenters. The first-order valence-electron chi connectivity index (χ1n) is 12.4. The second-order valence-electron chi connectivity index (χ2n) is 10.3. The van der Waals surface area contributed by atoms with Gasteiger partial charge in [-0.15, -0.1) is 0 Å². The number of carbonyl (C=O) groups is 2. The van der Waals surface area contributed by atoms with Gasteiger partial charge in [-0.05, 0) is 66.3 Å². The summed E-state index contributed by atoms with van der Waals surface area (Å²) in [5, 5.41) is 11.9. The molecule has 1 saturated heterocycles. The summed E-state index contributed by atoms with van der Waals surface area (Å²) in [6.45, 7) is 1.85. The molecule has 2 aromatic carbocycles. The van der Waals surface area contributed by atoms with Crippen LogP contribution in [0.1, 0.15) is 58.8 Å². The largest absolute Gasteiger partial charge is 0.353 e. The van der Waals surface area contributed by atoms with Gasteiger partial charge in [-0.2, -0.15) is 10.2 Å². The fourth-order valence-electron chi connectivity index (χ4n) is 5.94. The smallest absolute Gasteiger partial charge is 0.256 e. The Morgan fingerprint density at radius 1 is 1.06 bits per heavy atom. The Labute approximate surface area is 198 Å². The summed E-state index contributed by atoms with van der Waals surface area (Å²) in [5.41, 5.74) is 3.33. The van der Waals surface area contributed by atoms with Crippen molar-refractivity contribution in [3.8, 4) is 0 Å². The van der Waals surface area contributed by atoms with E-state index in [1.54, 1.807) is 17.0 Å². The van der Waals surface area contributed by atoms with Crippen molar-refractivity contribution in [2.75, 3.05) is 13.1 Å². The Bertz CT molecular complexity index is 1150. The maximum absolute atomic E-state index is 14.7. The highest BCUT2D eigenvalue weighted by Gasteiger charge is 2.44. The number of hydrogen-bond acceptors (Lipinski definition) is 4. The highest BCUT2D eigenvalue weighted by atomic mass is 19.1. The molecule has 7 heteroatoms. The first-order valence-corrected chi connectivity index (χ1v) is 12.4. The van der Waals surface area contributed by atoms with Crippen molar-refractivity contribution in [2.24, 2.45) is 28.0 Å². The molecule has 176 valence electrons. The van der Waals surface area contributed by atoms with Crippen LogP contribution in [-0.4, -0.2) is 35.8 Å². The second-order valence-corrected chi connectivity index (χ2v) is 10.3. The van der Waals surface area contributed by atoms with E-state index in [2.05, 4.69) is 27.7 Å². The lowest BCUT2D eigenvalue weighted by molar-refractivity contribution is -0.123. The van der Waals surface area contributed by atoms with E-state index in [-0.39, 0.29) is 35.4 Å². The molecule has 6 rings (SSSR count). The molecule has 0 spiro atoms. The molecule has 0 aromatic heterocycles. The molecular weight excluding hydrogens is 431 g/mol. The van der Waals surface area contributed by atoms with E-state index in [0.717, 1.165) is 42.4 Å². The predicted octanol–water partition coefficient (Wildman–Crippen LogP) is 4.45. The maximum Gasteiger partial charge on any atom is 0.256 e. The standard InChI is InChI=1S/C27H29FN4O2/c28-24-8-5-16(10-25-22-4-2-1-3-18(22)13-29-31-25)9-23(24)27(34)32-14-19-11-21(12-20(19)15-32)30-26(33)17-6-7-17/h1-5,8-9,17,19-21,25H,6-7,10-15H2,(H,30,33). The average molecular weight is 461 g/mol. The molecule has 6 nitrogen and oxygen atoms in total. The Hall–Kier alpha value is -3.09. The zero-order chi connectivity index (χ0) is 23.2. The fraction of sp³-hybridized carbons (Fsp3) is 0.481. The summed E-state index contributed by atoms with van der Waals surface area (Å²) >= 11 is 0. The summed E-state index contributed by atoms with van der Waals surface area (Å²) in [5.74, 6) is 0.441. The van der Waals surface area contributed by atoms with Crippen molar-refractivity contribution in [3.63, 3.8) is 0 Å². The van der Waals surface area contributed by atoms with Crippen molar-refractivity contribution >= 4 is 11.8 Å². The number of carbonyl (C=O) groups excluding carboxylic acids is 2. The first kappa shape index (κ1) is 21.4. The molecule has 0 bridgehead atoms. The first-order chi connectivity index (χ1) is 16.5. The van der Waals surface area contributed by atoms with Crippen molar-refractivity contribution in [2.45, 2.75) is 50.7 Å². The van der Waals surface area contributed by atoms with Gasteiger partial charge < -0.3 is 10.2 Å². The van der Waals surface area contributed by atoms with Gasteiger partial charge in [0.15, 0.2) is 0 Å². The highest BCUT2D eigenvalue weighted by molar-refractivity contribution is 5.95. The second kappa shape index (κ2) is 8.60. The van der Waals surface area contributed by atoms with Gasteiger partial charge in [-0.1, -0.05) is 30.3 Å². The number of rotatable bonds is 5. The van der Waals surface area contributed by atoms with Gasteiger partial charge in [-0.25, -0.2) is 4.39 Å². The molecule has 2 aromatic rings. The van der Waals surface area contributed by atoms with E-state index >= 15 is 0 Å². The van der Waals surface area contributed by atoms with Gasteiger partial charge in [0.2, 0.25) is 5.91 Å². The van der Waals surface area contributed by atoms with Gasteiger partial charge in [-0.3, -0.25) is 9.59 Å². The van der Waals surface area contributed by atoms with E-state index < -0.39 is 5.82 Å². The molecule has 34 heavy (non-hydrogen) atoms. The lowest BCUT2D eigenvalue weighted by Crippen LogP contribution is -2.36. The van der Waals surface area contributed by atoms with Gasteiger partial charge in [0, 0.05) is 31.5 Å². The quantitative estimate of drug-likeness (QED) is 0.716. The van der Waals surface area contributed by atoms with Crippen molar-refractivity contribution in [1.82, 2.24) is 10.2 Å². The van der Waals surface area contributed by atoms with Gasteiger partial charge in [0.25, 0.3) is 5.91 Å². The van der Waals surface area contributed by atoms with Crippen LogP contribution in [0.4, 0.5) is 4.39 Å². The number of halogens is 1. The van der Waals surface area contributed by atoms with Crippen LogP contribution in [0.2, 0.25) is 0 Å². The summed E-state index contributed by atoms with van der Waals surface area (Å²) in [6, 6.07) is 13.1. The molecule has 3 unspecified atom stereocenters. The summed E-state index contributed by atoms with van der Waals surface area (Å²) < 4.78 is 14.7. The normalized spacial score (nSPS) is 27.4. The number of nitrogens with zero attached hydrogens (tertiary/aromatic N) is 3. The third-order valence-corrected chi connectivity index (χ3v) is 7.90. The van der Waals surface area contributed by atoms with Crippen LogP contribution in [0.3, 0.4) is 0 Å². The lowest BCUT2D eigenvalue weighted by atomic mass is 9.93. The minimum Gasteiger partial charge on any atom is -0.353 e. The Kier molecular flexibility index (Phi) is 5.42. The summed E-state index contributed by atoms with van der Waals surface area (Å²) in [7, 11) is 0. The predicted molar refractivity (Wildman–Crippen MR) is 125 cm³/mol. The van der Waals surface area contributed by atoms with Crippen molar-refractivity contribution in [1.29, 1.82) is 0 Å². The number of azo groups is 1. The zero-order valence-electron chi connectivity index (χ0n) is 19.1. The minimum atomic E-state index is -0.481. The molecule has 3 fully saturated rings. The highest BCUT2D eigenvalue weighted by Crippen LogP contribution is 2.40. The molecule has 2 saturated carbocycles. The number of fused-ring (bicyclic) bond motifs is 2. The number of nitrogens with one attached hydrogen (secondary N) is 1. The van der Waals surface area contributed by atoms with E-state index in [1.807, 2.05) is 12.1 Å². The van der Waals surface area contributed by atoms with Crippen LogP contribution in [0.15, 0.2) is 52.7 Å². The van der Waals surface area contributed by atoms with E-state index in [1.165, 1.54) is 6.07 Å². The van der Waals surface area contributed by atoms with Gasteiger partial charge in [0.05, 0.1) is 12.1 Å². The lowest BCUT2D eigenvalue weighted by Gasteiger charge is -2.21. The van der Waals surface area contributed by atoms with Crippen LogP contribution < -0.4 is 5.32 Å². The van der Waals surface area contributed by atoms with Gasteiger partial charge in [0.1, 0.15) is 11.9 Å². The molecular formula is C27H29FN4O2. The SMILES string of the molecule is O=C(NC1CC2CN(C(=O)c3cc(CC4N=NCc5ccccc54)ccc3F)CC2C1)C1CC1. The van der Waals surface area contributed by atoms with Crippen LogP contribution in [-0.2, 0) is 17.8 Å². The molecule has 2 aliphatic carbocycles. The van der Waals surface area contributed by atoms with Gasteiger partial charge >= 0.3 is 0 Å². The third kappa shape index (κ3) is 4.12. The number of benzene rings is 2. The van der Waals surface area contributed by atoms with Crippen LogP contribution in [0.5, 0.6) is 0 Å². The number of hydrogen-bond donors (Lipinski definition) is 1. The molecule has 4 aliphatic rings. The zero-order valence-corrected chi connectivity index (χ0v) is 19.1. The fourth-order valence-corrected chi connectivity index (χ4v) is 5.94. The van der Waals surface area contributed by atoms with Crippen molar-refractivity contribution < 1.29 is 14.0 Å². The monoisotopic (exact) mass is 460 g/mol. The summed E-state index contributed by atoms with van der Waals surface area (Å²) in [6.07, 6.45) is 4.40. The van der Waals surface area contributed by atoms with E-state index in [9.17, 15) is 14.0 Å². The topological polar surface area (TPSA) is 74.1 Å². The molecule has 2 heterocycles. The molecule has 0 radical (unpaired) electrons. The Morgan fingerprint density at radius 3 is 2.59 bits per heavy atom. The number of likely N-dealkylation sites (tertiary alicyclic amines) is 1. The molecule has 2 aliphatic heterocycles.